The van der Waals surface area contributed by atoms with Crippen LogP contribution in [0.5, 0.6) is 0 Å². The van der Waals surface area contributed by atoms with Gasteiger partial charge in [-0.05, 0) is 30.5 Å². The van der Waals surface area contributed by atoms with Gasteiger partial charge in [-0.1, -0.05) is 29.5 Å². The Morgan fingerprint density at radius 3 is 2.67 bits per heavy atom. The zero-order valence-corrected chi connectivity index (χ0v) is 21.2. The molecule has 0 atom stereocenters. The largest absolute Gasteiger partial charge is 0.462 e. The highest BCUT2D eigenvalue weighted by molar-refractivity contribution is 7.23. The van der Waals surface area contributed by atoms with Gasteiger partial charge in [0.2, 0.25) is 4.96 Å². The third-order valence-electron chi connectivity index (χ3n) is 5.74. The summed E-state index contributed by atoms with van der Waals surface area (Å²) < 4.78 is 6.43. The Bertz CT molecular complexity index is 1440. The van der Waals surface area contributed by atoms with E-state index in [4.69, 9.17) is 4.74 Å². The molecule has 4 aromatic rings. The van der Waals surface area contributed by atoms with Crippen LogP contribution in [0.1, 0.15) is 23.0 Å². The van der Waals surface area contributed by atoms with Gasteiger partial charge in [-0.15, -0.1) is 11.3 Å². The number of nitrogens with zero attached hydrogens (tertiary/aromatic N) is 5. The van der Waals surface area contributed by atoms with Crippen molar-refractivity contribution in [1.82, 2.24) is 24.4 Å². The Kier molecular flexibility index (Phi) is 7.07. The van der Waals surface area contributed by atoms with Crippen molar-refractivity contribution < 1.29 is 14.3 Å². The van der Waals surface area contributed by atoms with Gasteiger partial charge in [0, 0.05) is 38.8 Å². The summed E-state index contributed by atoms with van der Waals surface area (Å²) in [7, 11) is 0. The molecule has 12 heteroatoms. The summed E-state index contributed by atoms with van der Waals surface area (Å²) in [6.45, 7) is 4.81. The molecular formula is C24H24N6O4S2. The molecule has 186 valence electrons. The molecular weight excluding hydrogens is 500 g/mol. The SMILES string of the molecule is CCOC(=O)c1ccccc1NC(=O)N1CCN(Cc2cc(=O)n3nc(-c4cccs4)sc3n2)CC1. The number of ether oxygens (including phenoxy) is 1. The lowest BCUT2D eigenvalue weighted by Crippen LogP contribution is -2.49. The van der Waals surface area contributed by atoms with E-state index in [2.05, 4.69) is 20.3 Å². The molecule has 36 heavy (non-hydrogen) atoms. The van der Waals surface area contributed by atoms with E-state index in [1.165, 1.54) is 21.9 Å². The molecule has 1 fully saturated rings. The Labute approximate surface area is 214 Å². The van der Waals surface area contributed by atoms with Gasteiger partial charge < -0.3 is 15.0 Å². The Morgan fingerprint density at radius 2 is 1.92 bits per heavy atom. The highest BCUT2D eigenvalue weighted by atomic mass is 32.1. The summed E-state index contributed by atoms with van der Waals surface area (Å²) in [4.78, 5) is 47.7. The van der Waals surface area contributed by atoms with E-state index in [9.17, 15) is 14.4 Å². The van der Waals surface area contributed by atoms with Gasteiger partial charge in [0.15, 0.2) is 5.01 Å². The van der Waals surface area contributed by atoms with Crippen LogP contribution in [0.15, 0.2) is 52.6 Å². The molecule has 2 amide bonds. The van der Waals surface area contributed by atoms with Crippen molar-refractivity contribution in [2.75, 3.05) is 38.1 Å². The fraction of sp³-hybridized carbons (Fsp3) is 0.292. The van der Waals surface area contributed by atoms with E-state index in [1.54, 1.807) is 47.4 Å². The first-order valence-electron chi connectivity index (χ1n) is 11.5. The highest BCUT2D eigenvalue weighted by Crippen LogP contribution is 2.28. The van der Waals surface area contributed by atoms with Crippen LogP contribution >= 0.6 is 22.7 Å². The van der Waals surface area contributed by atoms with Crippen molar-refractivity contribution in [3.05, 3.63) is 69.5 Å². The molecule has 0 aliphatic carbocycles. The van der Waals surface area contributed by atoms with E-state index in [0.717, 1.165) is 9.88 Å². The molecule has 1 aliphatic rings. The molecule has 1 aliphatic heterocycles. The smallest absolute Gasteiger partial charge is 0.340 e. The standard InChI is InChI=1S/C24H24N6O4S2/c1-2-34-22(32)17-6-3-4-7-18(17)26-23(33)29-11-9-28(10-12-29)15-16-14-20(31)30-24(25-16)36-21(27-30)19-8-5-13-35-19/h3-8,13-14H,2,9-12,15H2,1H3,(H,26,33). The van der Waals surface area contributed by atoms with Gasteiger partial charge in [-0.25, -0.2) is 14.6 Å². The number of anilines is 1. The van der Waals surface area contributed by atoms with E-state index in [0.29, 0.717) is 54.6 Å². The van der Waals surface area contributed by atoms with Crippen LogP contribution in [0.2, 0.25) is 0 Å². The fourth-order valence-electron chi connectivity index (χ4n) is 3.95. The highest BCUT2D eigenvalue weighted by Gasteiger charge is 2.23. The molecule has 0 spiro atoms. The Hall–Kier alpha value is -3.61. The van der Waals surface area contributed by atoms with Crippen molar-refractivity contribution in [3.63, 3.8) is 0 Å². The summed E-state index contributed by atoms with van der Waals surface area (Å²) in [5.41, 5.74) is 1.23. The third-order valence-corrected chi connectivity index (χ3v) is 7.69. The molecule has 0 bridgehead atoms. The van der Waals surface area contributed by atoms with E-state index < -0.39 is 5.97 Å². The molecule has 1 saturated heterocycles. The summed E-state index contributed by atoms with van der Waals surface area (Å²) >= 11 is 2.97. The number of esters is 1. The Balaban J connectivity index is 1.20. The maximum absolute atomic E-state index is 12.8. The number of fused-ring (bicyclic) bond motifs is 1. The summed E-state index contributed by atoms with van der Waals surface area (Å²) in [6.07, 6.45) is 0. The van der Waals surface area contributed by atoms with Crippen LogP contribution in [0.4, 0.5) is 10.5 Å². The molecule has 4 heterocycles. The number of aromatic nitrogens is 3. The van der Waals surface area contributed by atoms with Gasteiger partial charge in [0.05, 0.1) is 28.4 Å². The van der Waals surface area contributed by atoms with Crippen molar-refractivity contribution >= 4 is 45.3 Å². The minimum atomic E-state index is -0.470. The number of urea groups is 1. The number of benzene rings is 1. The number of amides is 2. The topological polar surface area (TPSA) is 109 Å². The summed E-state index contributed by atoms with van der Waals surface area (Å²) in [5.74, 6) is -0.470. The van der Waals surface area contributed by atoms with Crippen molar-refractivity contribution in [2.45, 2.75) is 13.5 Å². The van der Waals surface area contributed by atoms with Crippen LogP contribution in [-0.2, 0) is 11.3 Å². The van der Waals surface area contributed by atoms with Crippen LogP contribution < -0.4 is 10.9 Å². The number of hydrogen-bond donors (Lipinski definition) is 1. The minimum absolute atomic E-state index is 0.202. The quantitative estimate of drug-likeness (QED) is 0.385. The zero-order chi connectivity index (χ0) is 25.1. The normalized spacial score (nSPS) is 14.2. The van der Waals surface area contributed by atoms with Gasteiger partial charge >= 0.3 is 12.0 Å². The molecule has 1 aromatic carbocycles. The average molecular weight is 525 g/mol. The second-order valence-corrected chi connectivity index (χ2v) is 10.0. The van der Waals surface area contributed by atoms with Gasteiger partial charge in [-0.3, -0.25) is 9.69 Å². The van der Waals surface area contributed by atoms with Crippen LogP contribution in [0.3, 0.4) is 0 Å². The number of rotatable bonds is 6. The second-order valence-electron chi connectivity index (χ2n) is 8.12. The number of thiophene rings is 1. The van der Waals surface area contributed by atoms with E-state index in [-0.39, 0.29) is 18.2 Å². The van der Waals surface area contributed by atoms with Gasteiger partial charge in [-0.2, -0.15) is 9.61 Å². The minimum Gasteiger partial charge on any atom is -0.462 e. The monoisotopic (exact) mass is 524 g/mol. The summed E-state index contributed by atoms with van der Waals surface area (Å²) in [5, 5.41) is 9.99. The summed E-state index contributed by atoms with van der Waals surface area (Å²) in [6, 6.07) is 12.0. The number of carbonyl (C=O) groups excluding carboxylic acids is 2. The number of carbonyl (C=O) groups is 2. The van der Waals surface area contributed by atoms with Crippen molar-refractivity contribution in [3.8, 4) is 9.88 Å². The fourth-order valence-corrected chi connectivity index (χ4v) is 5.66. The van der Waals surface area contributed by atoms with Crippen LogP contribution in [-0.4, -0.2) is 69.2 Å². The Morgan fingerprint density at radius 1 is 1.11 bits per heavy atom. The maximum atomic E-state index is 12.8. The molecule has 0 radical (unpaired) electrons. The lowest BCUT2D eigenvalue weighted by Gasteiger charge is -2.34. The number of hydrogen-bond acceptors (Lipinski definition) is 9. The number of para-hydroxylation sites is 1. The van der Waals surface area contributed by atoms with Crippen molar-refractivity contribution in [1.29, 1.82) is 0 Å². The lowest BCUT2D eigenvalue weighted by molar-refractivity contribution is 0.0527. The molecule has 0 saturated carbocycles. The number of piperazine rings is 1. The van der Waals surface area contributed by atoms with Crippen molar-refractivity contribution in [2.24, 2.45) is 0 Å². The van der Waals surface area contributed by atoms with Gasteiger partial charge in [0.25, 0.3) is 5.56 Å². The first-order chi connectivity index (χ1) is 17.5. The zero-order valence-electron chi connectivity index (χ0n) is 19.5. The first-order valence-corrected chi connectivity index (χ1v) is 13.2. The molecule has 0 unspecified atom stereocenters. The average Bonchev–Trinajstić information content (AvgIpc) is 3.55. The van der Waals surface area contributed by atoms with E-state index in [1.807, 2.05) is 17.5 Å². The predicted molar refractivity (Wildman–Crippen MR) is 139 cm³/mol. The first kappa shape index (κ1) is 24.1. The van der Waals surface area contributed by atoms with Crippen LogP contribution in [0.25, 0.3) is 14.8 Å². The third kappa shape index (κ3) is 5.15. The lowest BCUT2D eigenvalue weighted by atomic mass is 10.2. The van der Waals surface area contributed by atoms with Gasteiger partial charge in [0.1, 0.15) is 0 Å². The van der Waals surface area contributed by atoms with Crippen LogP contribution in [0, 0.1) is 0 Å². The second kappa shape index (κ2) is 10.6. The molecule has 5 rings (SSSR count). The molecule has 3 aromatic heterocycles. The molecule has 1 N–H and O–H groups in total. The predicted octanol–water partition coefficient (Wildman–Crippen LogP) is 3.41. The maximum Gasteiger partial charge on any atom is 0.340 e. The molecule has 10 nitrogen and oxygen atoms in total. The number of nitrogens with one attached hydrogen (secondary N) is 1. The van der Waals surface area contributed by atoms with E-state index >= 15 is 0 Å².